The number of nitrogens with one attached hydrogen (secondary N) is 1. The number of ether oxygens (including phenoxy) is 2. The van der Waals surface area contributed by atoms with E-state index in [1.54, 1.807) is 22.0 Å². The number of aryl methyl sites for hydroxylation is 2. The Bertz CT molecular complexity index is 1510. The Morgan fingerprint density at radius 1 is 1.10 bits per heavy atom. The van der Waals surface area contributed by atoms with Crippen LogP contribution in [0.15, 0.2) is 73.8 Å². The molecule has 3 heterocycles. The highest BCUT2D eigenvalue weighted by Crippen LogP contribution is 2.59. The first-order chi connectivity index (χ1) is 23.2. The first-order valence-electron chi connectivity index (χ1n) is 16.9. The van der Waals surface area contributed by atoms with E-state index in [4.69, 9.17) is 9.47 Å². The molecule has 0 radical (unpaired) electrons. The summed E-state index contributed by atoms with van der Waals surface area (Å²) in [6.45, 7) is 11.8. The standard InChI is InChI=1S/C38H47N3O7/c1-5-7-18-30(43)47-24-28(27-16-9-8-10-17-27)39-35(44)31-29-19-20-38(48-29)32(31)36(45)41(22-11-12-23-42)34(38)37(46)40(21-6-2)33-25(3)14-13-15-26(33)4/h5-6,8-10,13-17,28-29,31-32,34,42H,1-2,7,11-12,18-24H2,3-4H3,(H,39,44)/t28-,29-,31+,32+,34-,38+/m0/s1. The van der Waals surface area contributed by atoms with E-state index in [0.717, 1.165) is 22.4 Å². The van der Waals surface area contributed by atoms with E-state index < -0.39 is 41.6 Å². The number of aliphatic hydroxyl groups is 1. The van der Waals surface area contributed by atoms with E-state index >= 15 is 0 Å². The van der Waals surface area contributed by atoms with Gasteiger partial charge in [0.2, 0.25) is 11.8 Å². The van der Waals surface area contributed by atoms with Crippen LogP contribution >= 0.6 is 0 Å². The summed E-state index contributed by atoms with van der Waals surface area (Å²) in [5.74, 6) is -3.04. The van der Waals surface area contributed by atoms with E-state index in [1.165, 1.54) is 0 Å². The molecule has 48 heavy (non-hydrogen) atoms. The minimum Gasteiger partial charge on any atom is -0.463 e. The number of unbranched alkanes of at least 4 members (excludes halogenated alkanes) is 1. The number of carbonyl (C=O) groups excluding carboxylic acids is 4. The molecule has 0 unspecified atom stereocenters. The van der Waals surface area contributed by atoms with Crippen LogP contribution in [0.1, 0.15) is 61.3 Å². The second-order valence-electron chi connectivity index (χ2n) is 13.0. The van der Waals surface area contributed by atoms with E-state index in [-0.39, 0.29) is 50.4 Å². The topological polar surface area (TPSA) is 125 Å². The monoisotopic (exact) mass is 657 g/mol. The average Bonchev–Trinajstić information content (AvgIpc) is 3.72. The SMILES string of the molecule is C=CCCC(=O)OC[C@H](NC(=O)[C@@H]1[C@@H]2CC[C@]3(O2)[C@H](C(=O)N(CC=C)c2c(C)cccc2C)N(CCCCO)C(=O)[C@@H]13)c1ccccc1. The molecule has 2 aromatic rings. The van der Waals surface area contributed by atoms with Gasteiger partial charge < -0.3 is 29.7 Å². The number of anilines is 1. The highest BCUT2D eigenvalue weighted by molar-refractivity contribution is 6.05. The van der Waals surface area contributed by atoms with Gasteiger partial charge in [0.15, 0.2) is 0 Å². The Balaban J connectivity index is 1.47. The zero-order chi connectivity index (χ0) is 34.4. The highest BCUT2D eigenvalue weighted by Gasteiger charge is 2.74. The largest absolute Gasteiger partial charge is 0.463 e. The summed E-state index contributed by atoms with van der Waals surface area (Å²) < 4.78 is 12.2. The predicted molar refractivity (Wildman–Crippen MR) is 182 cm³/mol. The van der Waals surface area contributed by atoms with Crippen molar-refractivity contribution in [1.82, 2.24) is 10.2 Å². The van der Waals surface area contributed by atoms with Crippen molar-refractivity contribution in [2.45, 2.75) is 76.2 Å². The number of amides is 3. The van der Waals surface area contributed by atoms with Crippen LogP contribution in [0.5, 0.6) is 0 Å². The number of benzene rings is 2. The van der Waals surface area contributed by atoms with Crippen LogP contribution in [0.25, 0.3) is 0 Å². The summed E-state index contributed by atoms with van der Waals surface area (Å²) >= 11 is 0. The summed E-state index contributed by atoms with van der Waals surface area (Å²) in [7, 11) is 0. The first kappa shape index (κ1) is 35.0. The fourth-order valence-corrected chi connectivity index (χ4v) is 7.81. The number of fused-ring (bicyclic) bond motifs is 1. The zero-order valence-corrected chi connectivity index (χ0v) is 27.9. The maximum absolute atomic E-state index is 14.8. The number of likely N-dealkylation sites (tertiary alicyclic amines) is 1. The lowest BCUT2D eigenvalue weighted by atomic mass is 9.70. The minimum absolute atomic E-state index is 0.0388. The van der Waals surface area contributed by atoms with Crippen LogP contribution in [0.2, 0.25) is 0 Å². The third kappa shape index (κ3) is 6.69. The van der Waals surface area contributed by atoms with Gasteiger partial charge in [-0.05, 0) is 62.6 Å². The van der Waals surface area contributed by atoms with Crippen molar-refractivity contribution in [1.29, 1.82) is 0 Å². The fourth-order valence-electron chi connectivity index (χ4n) is 7.81. The molecule has 3 fully saturated rings. The number of rotatable bonds is 16. The van der Waals surface area contributed by atoms with Crippen LogP contribution < -0.4 is 10.2 Å². The predicted octanol–water partition coefficient (Wildman–Crippen LogP) is 4.34. The molecule has 3 aliphatic rings. The normalized spacial score (nSPS) is 24.6. The Morgan fingerprint density at radius 3 is 2.50 bits per heavy atom. The van der Waals surface area contributed by atoms with Crippen molar-refractivity contribution < 1.29 is 33.8 Å². The first-order valence-corrected chi connectivity index (χ1v) is 16.9. The number of para-hydroxylation sites is 1. The molecule has 10 heteroatoms. The third-order valence-corrected chi connectivity index (χ3v) is 9.91. The van der Waals surface area contributed by atoms with E-state index in [2.05, 4.69) is 18.5 Å². The van der Waals surface area contributed by atoms with E-state index in [1.807, 2.05) is 62.4 Å². The summed E-state index contributed by atoms with van der Waals surface area (Å²) in [5.41, 5.74) is 2.17. The molecule has 2 bridgehead atoms. The van der Waals surface area contributed by atoms with Crippen molar-refractivity contribution in [3.63, 3.8) is 0 Å². The molecule has 3 saturated heterocycles. The number of carbonyl (C=O) groups is 4. The second kappa shape index (κ2) is 15.3. The van der Waals surface area contributed by atoms with Crippen LogP contribution in [0.3, 0.4) is 0 Å². The van der Waals surface area contributed by atoms with Crippen molar-refractivity contribution >= 4 is 29.4 Å². The van der Waals surface area contributed by atoms with Crippen LogP contribution in [0.4, 0.5) is 5.69 Å². The second-order valence-corrected chi connectivity index (χ2v) is 13.0. The van der Waals surface area contributed by atoms with Crippen molar-refractivity contribution in [2.75, 3.05) is 31.2 Å². The van der Waals surface area contributed by atoms with Gasteiger partial charge in [-0.25, -0.2) is 0 Å². The Kier molecular flexibility index (Phi) is 11.2. The molecule has 5 rings (SSSR count). The lowest BCUT2D eigenvalue weighted by molar-refractivity contribution is -0.146. The maximum atomic E-state index is 14.8. The Labute approximate surface area is 282 Å². The Morgan fingerprint density at radius 2 is 1.83 bits per heavy atom. The molecule has 0 aromatic heterocycles. The molecule has 0 saturated carbocycles. The summed E-state index contributed by atoms with van der Waals surface area (Å²) in [6, 6.07) is 13.5. The lowest BCUT2D eigenvalue weighted by Gasteiger charge is -2.37. The van der Waals surface area contributed by atoms with Gasteiger partial charge in [-0.2, -0.15) is 0 Å². The molecular weight excluding hydrogens is 610 g/mol. The van der Waals surface area contributed by atoms with Crippen molar-refractivity contribution in [2.24, 2.45) is 11.8 Å². The number of allylic oxidation sites excluding steroid dienone is 1. The average molecular weight is 658 g/mol. The van der Waals surface area contributed by atoms with Gasteiger partial charge in [-0.15, -0.1) is 13.2 Å². The van der Waals surface area contributed by atoms with Crippen molar-refractivity contribution in [3.8, 4) is 0 Å². The maximum Gasteiger partial charge on any atom is 0.306 e. The van der Waals surface area contributed by atoms with Crippen molar-refractivity contribution in [3.05, 3.63) is 90.5 Å². The van der Waals surface area contributed by atoms with E-state index in [0.29, 0.717) is 32.1 Å². The van der Waals surface area contributed by atoms with Gasteiger partial charge in [0, 0.05) is 31.8 Å². The number of hydrogen-bond acceptors (Lipinski definition) is 7. The molecule has 10 nitrogen and oxygen atoms in total. The quantitative estimate of drug-likeness (QED) is 0.156. The number of aliphatic hydroxyl groups excluding tert-OH is 1. The molecule has 2 N–H and O–H groups in total. The smallest absolute Gasteiger partial charge is 0.306 e. The van der Waals surface area contributed by atoms with E-state index in [9.17, 15) is 24.3 Å². The van der Waals surface area contributed by atoms with Crippen LogP contribution in [0, 0.1) is 25.7 Å². The molecule has 1 spiro atoms. The molecule has 3 aliphatic heterocycles. The number of esters is 1. The fraction of sp³-hybridized carbons (Fsp3) is 0.474. The molecule has 0 aliphatic carbocycles. The highest BCUT2D eigenvalue weighted by atomic mass is 16.5. The minimum atomic E-state index is -1.19. The van der Waals surface area contributed by atoms with Gasteiger partial charge in [0.05, 0.1) is 24.0 Å². The molecule has 6 atom stereocenters. The van der Waals surface area contributed by atoms with Gasteiger partial charge in [0.25, 0.3) is 5.91 Å². The lowest BCUT2D eigenvalue weighted by Crippen LogP contribution is -2.57. The third-order valence-electron chi connectivity index (χ3n) is 9.91. The van der Waals surface area contributed by atoms with Gasteiger partial charge in [-0.3, -0.25) is 19.2 Å². The van der Waals surface area contributed by atoms with Gasteiger partial charge >= 0.3 is 5.97 Å². The molecule has 256 valence electrons. The Hall–Kier alpha value is -4.28. The number of nitrogens with zero attached hydrogens (tertiary/aromatic N) is 2. The van der Waals surface area contributed by atoms with Gasteiger partial charge in [0.1, 0.15) is 18.2 Å². The zero-order valence-electron chi connectivity index (χ0n) is 27.9. The summed E-state index contributed by atoms with van der Waals surface area (Å²) in [4.78, 5) is 59.1. The summed E-state index contributed by atoms with van der Waals surface area (Å²) in [5, 5.41) is 12.6. The van der Waals surface area contributed by atoms with Crippen LogP contribution in [-0.4, -0.2) is 77.7 Å². The van der Waals surface area contributed by atoms with Gasteiger partial charge in [-0.1, -0.05) is 60.7 Å². The molecule has 2 aromatic carbocycles. The summed E-state index contributed by atoms with van der Waals surface area (Å²) in [6.07, 6.45) is 5.37. The molecular formula is C38H47N3O7. The van der Waals surface area contributed by atoms with Crippen LogP contribution in [-0.2, 0) is 28.7 Å². The number of hydrogen-bond donors (Lipinski definition) is 2. The molecule has 3 amide bonds.